The third-order valence-corrected chi connectivity index (χ3v) is 3.86. The highest BCUT2D eigenvalue weighted by atomic mass is 32.1. The largest absolute Gasteiger partial charge is 0.340 e. The van der Waals surface area contributed by atoms with Gasteiger partial charge < -0.3 is 4.90 Å². The first-order valence-electron chi connectivity index (χ1n) is 6.56. The summed E-state index contributed by atoms with van der Waals surface area (Å²) in [6, 6.07) is 0. The van der Waals surface area contributed by atoms with Crippen molar-refractivity contribution in [1.29, 1.82) is 0 Å². The van der Waals surface area contributed by atoms with Crippen molar-refractivity contribution in [2.45, 2.75) is 58.9 Å². The van der Waals surface area contributed by atoms with Crippen molar-refractivity contribution in [2.75, 3.05) is 13.1 Å². The number of hydrogen-bond acceptors (Lipinski definition) is 2. The van der Waals surface area contributed by atoms with Gasteiger partial charge in [-0.25, -0.2) is 0 Å². The molecule has 1 aliphatic rings. The van der Waals surface area contributed by atoms with E-state index in [0.29, 0.717) is 11.7 Å². The van der Waals surface area contributed by atoms with Gasteiger partial charge >= 0.3 is 0 Å². The average Bonchev–Trinajstić information content (AvgIpc) is 2.54. The topological polar surface area (TPSA) is 23.6 Å². The summed E-state index contributed by atoms with van der Waals surface area (Å²) in [5, 5.41) is 0.707. The average molecular weight is 256 g/mol. The van der Waals surface area contributed by atoms with E-state index in [1.54, 1.807) is 0 Å². The van der Waals surface area contributed by atoms with Gasteiger partial charge in [0.25, 0.3) is 0 Å². The summed E-state index contributed by atoms with van der Waals surface area (Å²) in [4.78, 5) is 15.8. The van der Waals surface area contributed by atoms with Gasteiger partial charge in [-0.15, -0.1) is 0 Å². The van der Waals surface area contributed by atoms with Crippen LogP contribution >= 0.6 is 12.2 Å². The van der Waals surface area contributed by atoms with E-state index in [1.165, 1.54) is 12.8 Å². The maximum absolute atomic E-state index is 12.0. The first kappa shape index (κ1) is 14.4. The van der Waals surface area contributed by atoms with E-state index in [0.717, 1.165) is 19.4 Å². The molecule has 0 spiro atoms. The van der Waals surface area contributed by atoms with Crippen LogP contribution in [0.25, 0.3) is 0 Å². The fourth-order valence-corrected chi connectivity index (χ4v) is 2.86. The highest BCUT2D eigenvalue weighted by Gasteiger charge is 2.40. The van der Waals surface area contributed by atoms with Crippen LogP contribution < -0.4 is 0 Å². The highest BCUT2D eigenvalue weighted by molar-refractivity contribution is 7.80. The molecule has 1 aliphatic heterocycles. The van der Waals surface area contributed by atoms with Crippen LogP contribution in [-0.4, -0.2) is 39.4 Å². The second-order valence-electron chi connectivity index (χ2n) is 5.30. The Kier molecular flexibility index (Phi) is 4.92. The lowest BCUT2D eigenvalue weighted by molar-refractivity contribution is -0.128. The van der Waals surface area contributed by atoms with Crippen molar-refractivity contribution in [3.63, 3.8) is 0 Å². The number of rotatable bonds is 6. The summed E-state index contributed by atoms with van der Waals surface area (Å²) in [5.74, 6) is 0.151. The quantitative estimate of drug-likeness (QED) is 0.539. The van der Waals surface area contributed by atoms with Crippen LogP contribution in [0.2, 0.25) is 0 Å². The van der Waals surface area contributed by atoms with E-state index in [9.17, 15) is 4.79 Å². The Morgan fingerprint density at radius 3 is 2.41 bits per heavy atom. The van der Waals surface area contributed by atoms with E-state index in [2.05, 4.69) is 20.8 Å². The number of likely N-dealkylation sites (N-methyl/N-ethyl adjacent to an activating group) is 1. The number of thiocarbonyl (C=S) groups is 1. The van der Waals surface area contributed by atoms with E-state index >= 15 is 0 Å². The molecule has 0 aromatic rings. The second kappa shape index (κ2) is 5.80. The Balaban J connectivity index is 2.70. The van der Waals surface area contributed by atoms with Gasteiger partial charge in [-0.3, -0.25) is 9.69 Å². The fourth-order valence-electron chi connectivity index (χ4n) is 2.31. The van der Waals surface area contributed by atoms with Gasteiger partial charge in [-0.2, -0.15) is 0 Å². The Morgan fingerprint density at radius 1 is 1.29 bits per heavy atom. The predicted molar refractivity (Wildman–Crippen MR) is 74.9 cm³/mol. The number of carbonyl (C=O) groups is 1. The van der Waals surface area contributed by atoms with Crippen LogP contribution in [0, 0.1) is 0 Å². The summed E-state index contributed by atoms with van der Waals surface area (Å²) >= 11 is 5.40. The van der Waals surface area contributed by atoms with E-state index in [-0.39, 0.29) is 11.4 Å². The van der Waals surface area contributed by atoms with E-state index in [1.807, 2.05) is 16.7 Å². The monoisotopic (exact) mass is 256 g/mol. The van der Waals surface area contributed by atoms with Gasteiger partial charge in [0.1, 0.15) is 0 Å². The molecule has 0 aliphatic carbocycles. The van der Waals surface area contributed by atoms with Crippen molar-refractivity contribution in [3.05, 3.63) is 0 Å². The third-order valence-electron chi connectivity index (χ3n) is 3.42. The number of unbranched alkanes of at least 4 members (excludes halogenated alkanes) is 2. The molecule has 0 unspecified atom stereocenters. The molecule has 0 radical (unpaired) electrons. The SMILES string of the molecule is CCCCCC(C)(C)N1C(=O)CN(CC)C1=S. The molecule has 98 valence electrons. The Labute approximate surface area is 110 Å². The minimum Gasteiger partial charge on any atom is -0.340 e. The van der Waals surface area contributed by atoms with Crippen molar-refractivity contribution < 1.29 is 4.79 Å². The van der Waals surface area contributed by atoms with Crippen LogP contribution in [0.1, 0.15) is 53.4 Å². The van der Waals surface area contributed by atoms with Gasteiger partial charge in [0.15, 0.2) is 5.11 Å². The molecule has 17 heavy (non-hydrogen) atoms. The molecule has 3 nitrogen and oxygen atoms in total. The standard InChI is InChI=1S/C13H24N2OS/c1-5-7-8-9-13(3,4)15-11(16)10-14(6-2)12(15)17/h5-10H2,1-4H3. The summed E-state index contributed by atoms with van der Waals surface area (Å²) in [5.41, 5.74) is -0.146. The Hall–Kier alpha value is -0.640. The Bertz CT molecular complexity index is 302. The van der Waals surface area contributed by atoms with Gasteiger partial charge in [-0.05, 0) is 39.4 Å². The van der Waals surface area contributed by atoms with E-state index < -0.39 is 0 Å². The molecular formula is C13H24N2OS. The van der Waals surface area contributed by atoms with Crippen molar-refractivity contribution in [3.8, 4) is 0 Å². The van der Waals surface area contributed by atoms with Crippen molar-refractivity contribution >= 4 is 23.2 Å². The third kappa shape index (κ3) is 3.18. The Morgan fingerprint density at radius 2 is 1.94 bits per heavy atom. The van der Waals surface area contributed by atoms with E-state index in [4.69, 9.17) is 12.2 Å². The molecule has 0 aromatic heterocycles. The first-order chi connectivity index (χ1) is 7.94. The number of amides is 1. The summed E-state index contributed by atoms with van der Waals surface area (Å²) in [7, 11) is 0. The normalized spacial score (nSPS) is 17.2. The lowest BCUT2D eigenvalue weighted by atomic mass is 9.95. The molecule has 1 fully saturated rings. The fraction of sp³-hybridized carbons (Fsp3) is 0.846. The molecule has 1 saturated heterocycles. The predicted octanol–water partition coefficient (Wildman–Crippen LogP) is 2.79. The van der Waals surface area contributed by atoms with Crippen molar-refractivity contribution in [2.24, 2.45) is 0 Å². The zero-order chi connectivity index (χ0) is 13.1. The minimum absolute atomic E-state index is 0.146. The van der Waals surface area contributed by atoms with Crippen LogP contribution in [-0.2, 0) is 4.79 Å². The summed E-state index contributed by atoms with van der Waals surface area (Å²) < 4.78 is 0. The molecule has 4 heteroatoms. The molecule has 0 atom stereocenters. The number of hydrogen-bond donors (Lipinski definition) is 0. The molecule has 0 bridgehead atoms. The summed E-state index contributed by atoms with van der Waals surface area (Å²) in [6.45, 7) is 9.72. The minimum atomic E-state index is -0.146. The zero-order valence-corrected chi connectivity index (χ0v) is 12.3. The molecule has 1 heterocycles. The molecular weight excluding hydrogens is 232 g/mol. The molecule has 0 saturated carbocycles. The van der Waals surface area contributed by atoms with Crippen LogP contribution in [0.4, 0.5) is 0 Å². The van der Waals surface area contributed by atoms with Gasteiger partial charge in [0.05, 0.1) is 6.54 Å². The lowest BCUT2D eigenvalue weighted by Crippen LogP contribution is -2.48. The maximum Gasteiger partial charge on any atom is 0.248 e. The van der Waals surface area contributed by atoms with Crippen LogP contribution in [0.15, 0.2) is 0 Å². The van der Waals surface area contributed by atoms with Gasteiger partial charge in [0, 0.05) is 12.1 Å². The smallest absolute Gasteiger partial charge is 0.248 e. The highest BCUT2D eigenvalue weighted by Crippen LogP contribution is 2.27. The number of nitrogens with zero attached hydrogens (tertiary/aromatic N) is 2. The molecule has 1 rings (SSSR count). The number of carbonyl (C=O) groups excluding carboxylic acids is 1. The lowest BCUT2D eigenvalue weighted by Gasteiger charge is -2.35. The zero-order valence-electron chi connectivity index (χ0n) is 11.5. The second-order valence-corrected chi connectivity index (χ2v) is 5.66. The summed E-state index contributed by atoms with van der Waals surface area (Å²) in [6.07, 6.45) is 4.59. The van der Waals surface area contributed by atoms with Gasteiger partial charge in [-0.1, -0.05) is 26.2 Å². The van der Waals surface area contributed by atoms with Crippen LogP contribution in [0.5, 0.6) is 0 Å². The molecule has 1 amide bonds. The first-order valence-corrected chi connectivity index (χ1v) is 6.96. The molecule has 0 N–H and O–H groups in total. The van der Waals surface area contributed by atoms with Crippen molar-refractivity contribution in [1.82, 2.24) is 9.80 Å². The van der Waals surface area contributed by atoms with Crippen LogP contribution in [0.3, 0.4) is 0 Å². The maximum atomic E-state index is 12.0. The molecule has 0 aromatic carbocycles. The van der Waals surface area contributed by atoms with Gasteiger partial charge in [0.2, 0.25) is 5.91 Å².